The summed E-state index contributed by atoms with van der Waals surface area (Å²) >= 11 is 5.25. The molecule has 1 heterocycles. The van der Waals surface area contributed by atoms with Crippen LogP contribution in [0.15, 0.2) is 18.2 Å². The number of anilines is 1. The first-order valence-corrected chi connectivity index (χ1v) is 6.76. The highest BCUT2D eigenvalue weighted by atomic mass is 32.1. The van der Waals surface area contributed by atoms with E-state index in [2.05, 4.69) is 5.32 Å². The Morgan fingerprint density at radius 1 is 1.38 bits per heavy atom. The minimum Gasteiger partial charge on any atom is -0.355 e. The molecule has 0 atom stereocenters. The van der Waals surface area contributed by atoms with Crippen molar-refractivity contribution in [3.05, 3.63) is 29.6 Å². The number of carbonyl (C=O) groups excluding carboxylic acids is 2. The van der Waals surface area contributed by atoms with Crippen molar-refractivity contribution in [1.29, 1.82) is 0 Å². The van der Waals surface area contributed by atoms with Crippen LogP contribution in [0.2, 0.25) is 0 Å². The van der Waals surface area contributed by atoms with Crippen molar-refractivity contribution in [2.75, 3.05) is 19.0 Å². The van der Waals surface area contributed by atoms with Crippen molar-refractivity contribution >= 4 is 34.8 Å². The second-order valence-corrected chi connectivity index (χ2v) is 5.65. The molecule has 112 valence electrons. The van der Waals surface area contributed by atoms with Crippen molar-refractivity contribution in [3.63, 3.8) is 0 Å². The molecule has 1 fully saturated rings. The third-order valence-electron chi connectivity index (χ3n) is 3.55. The Hall–Kier alpha value is -2.02. The van der Waals surface area contributed by atoms with E-state index in [9.17, 15) is 14.0 Å². The number of halogens is 1. The van der Waals surface area contributed by atoms with Crippen molar-refractivity contribution < 1.29 is 14.0 Å². The van der Waals surface area contributed by atoms with E-state index >= 15 is 0 Å². The van der Waals surface area contributed by atoms with Gasteiger partial charge in [-0.2, -0.15) is 0 Å². The van der Waals surface area contributed by atoms with Crippen LogP contribution in [0, 0.1) is 5.82 Å². The summed E-state index contributed by atoms with van der Waals surface area (Å²) in [5.41, 5.74) is -0.510. The molecule has 0 radical (unpaired) electrons. The quantitative estimate of drug-likeness (QED) is 0.842. The highest BCUT2D eigenvalue weighted by Gasteiger charge is 2.48. The molecule has 21 heavy (non-hydrogen) atoms. The molecule has 0 unspecified atom stereocenters. The van der Waals surface area contributed by atoms with Gasteiger partial charge in [0.05, 0.1) is 5.56 Å². The van der Waals surface area contributed by atoms with Gasteiger partial charge in [-0.15, -0.1) is 0 Å². The molecule has 1 saturated heterocycles. The maximum absolute atomic E-state index is 14.1. The lowest BCUT2D eigenvalue weighted by atomic mass is 10.0. The minimum atomic E-state index is -0.896. The molecule has 1 aromatic carbocycles. The summed E-state index contributed by atoms with van der Waals surface area (Å²) in [5.74, 6) is -1.33. The van der Waals surface area contributed by atoms with Gasteiger partial charge in [0, 0.05) is 19.8 Å². The van der Waals surface area contributed by atoms with Crippen molar-refractivity contribution in [2.24, 2.45) is 0 Å². The van der Waals surface area contributed by atoms with Gasteiger partial charge in [-0.3, -0.25) is 14.5 Å². The summed E-state index contributed by atoms with van der Waals surface area (Å²) in [6.45, 7) is 3.44. The first-order valence-electron chi connectivity index (χ1n) is 6.35. The van der Waals surface area contributed by atoms with E-state index in [1.54, 1.807) is 31.9 Å². The third kappa shape index (κ3) is 2.27. The van der Waals surface area contributed by atoms with Crippen LogP contribution in [0.5, 0.6) is 0 Å². The van der Waals surface area contributed by atoms with Gasteiger partial charge < -0.3 is 10.2 Å². The number of amides is 2. The standard InChI is InChI=1S/C14H16FN3O2S/c1-14(2)12(20)17(4)13(21)18(14)8-5-6-9(10(15)7-8)11(19)16-3/h5-7H,1-4H3,(H,16,19). The van der Waals surface area contributed by atoms with Gasteiger partial charge in [-0.05, 0) is 44.3 Å². The minimum absolute atomic E-state index is 0.0520. The van der Waals surface area contributed by atoms with Crippen LogP contribution in [0.1, 0.15) is 24.2 Å². The fraction of sp³-hybridized carbons (Fsp3) is 0.357. The van der Waals surface area contributed by atoms with Crippen LogP contribution in [0.25, 0.3) is 0 Å². The van der Waals surface area contributed by atoms with E-state index in [4.69, 9.17) is 12.2 Å². The first kappa shape index (κ1) is 15.4. The molecule has 0 bridgehead atoms. The highest BCUT2D eigenvalue weighted by molar-refractivity contribution is 7.80. The van der Waals surface area contributed by atoms with Gasteiger partial charge in [-0.1, -0.05) is 0 Å². The second-order valence-electron chi connectivity index (χ2n) is 5.28. The van der Waals surface area contributed by atoms with Gasteiger partial charge in [0.2, 0.25) is 0 Å². The number of hydrogen-bond donors (Lipinski definition) is 1. The summed E-state index contributed by atoms with van der Waals surface area (Å²) < 4.78 is 14.1. The maximum Gasteiger partial charge on any atom is 0.254 e. The van der Waals surface area contributed by atoms with Crippen molar-refractivity contribution in [1.82, 2.24) is 10.2 Å². The molecule has 1 N–H and O–H groups in total. The molecule has 2 rings (SSSR count). The summed E-state index contributed by atoms with van der Waals surface area (Å²) in [4.78, 5) is 26.6. The fourth-order valence-corrected chi connectivity index (χ4v) is 2.79. The average molecular weight is 309 g/mol. The highest BCUT2D eigenvalue weighted by Crippen LogP contribution is 2.33. The number of likely N-dealkylation sites (N-methyl/N-ethyl adjacent to an activating group) is 1. The van der Waals surface area contributed by atoms with E-state index in [1.807, 2.05) is 0 Å². The number of benzene rings is 1. The average Bonchev–Trinajstić information content (AvgIpc) is 2.58. The van der Waals surface area contributed by atoms with Gasteiger partial charge in [0.1, 0.15) is 11.4 Å². The van der Waals surface area contributed by atoms with E-state index < -0.39 is 17.3 Å². The van der Waals surface area contributed by atoms with Crippen molar-refractivity contribution in [2.45, 2.75) is 19.4 Å². The predicted octanol–water partition coefficient (Wildman–Crippen LogP) is 1.53. The number of nitrogens with zero attached hydrogens (tertiary/aromatic N) is 2. The Labute approximate surface area is 127 Å². The first-order chi connectivity index (χ1) is 9.71. The zero-order valence-corrected chi connectivity index (χ0v) is 13.0. The zero-order valence-electron chi connectivity index (χ0n) is 12.2. The molecule has 0 spiro atoms. The fourth-order valence-electron chi connectivity index (χ4n) is 2.38. The molecule has 7 heteroatoms. The Bertz CT molecular complexity index is 645. The number of thiocarbonyl (C=S) groups is 1. The van der Waals surface area contributed by atoms with Crippen LogP contribution >= 0.6 is 12.2 Å². The monoisotopic (exact) mass is 309 g/mol. The summed E-state index contributed by atoms with van der Waals surface area (Å²) in [6, 6.07) is 4.17. The van der Waals surface area contributed by atoms with Gasteiger partial charge >= 0.3 is 0 Å². The summed E-state index contributed by atoms with van der Waals surface area (Å²) in [6.07, 6.45) is 0. The van der Waals surface area contributed by atoms with Crippen LogP contribution in [-0.2, 0) is 4.79 Å². The molecule has 0 aromatic heterocycles. The van der Waals surface area contributed by atoms with Gasteiger partial charge in [0.15, 0.2) is 5.11 Å². The second kappa shape index (κ2) is 5.07. The molecule has 0 saturated carbocycles. The van der Waals surface area contributed by atoms with E-state index in [-0.39, 0.29) is 11.5 Å². The van der Waals surface area contributed by atoms with Gasteiger partial charge in [-0.25, -0.2) is 4.39 Å². The smallest absolute Gasteiger partial charge is 0.254 e. The number of carbonyl (C=O) groups is 2. The number of hydrogen-bond acceptors (Lipinski definition) is 3. The molecule has 5 nitrogen and oxygen atoms in total. The van der Waals surface area contributed by atoms with E-state index in [0.29, 0.717) is 10.8 Å². The molecule has 1 aliphatic rings. The Morgan fingerprint density at radius 2 is 2.00 bits per heavy atom. The maximum atomic E-state index is 14.1. The van der Waals surface area contributed by atoms with Crippen LogP contribution < -0.4 is 10.2 Å². The Morgan fingerprint density at radius 3 is 2.43 bits per heavy atom. The lowest BCUT2D eigenvalue weighted by Crippen LogP contribution is -2.44. The SMILES string of the molecule is CNC(=O)c1ccc(N2C(=S)N(C)C(=O)C2(C)C)cc1F. The lowest BCUT2D eigenvalue weighted by Gasteiger charge is -2.29. The molecular formula is C14H16FN3O2S. The summed E-state index contributed by atoms with van der Waals surface area (Å²) in [5, 5.41) is 2.67. The number of rotatable bonds is 2. The topological polar surface area (TPSA) is 52.7 Å². The normalized spacial score (nSPS) is 17.4. The molecular weight excluding hydrogens is 293 g/mol. The van der Waals surface area contributed by atoms with Crippen LogP contribution in [0.4, 0.5) is 10.1 Å². The molecule has 1 aromatic rings. The third-order valence-corrected chi connectivity index (χ3v) is 4.00. The Balaban J connectivity index is 2.48. The van der Waals surface area contributed by atoms with Gasteiger partial charge in [0.25, 0.3) is 11.8 Å². The van der Waals surface area contributed by atoms with Crippen LogP contribution in [-0.4, -0.2) is 41.5 Å². The predicted molar refractivity (Wildman–Crippen MR) is 81.7 cm³/mol. The van der Waals surface area contributed by atoms with E-state index in [1.165, 1.54) is 24.1 Å². The zero-order chi connectivity index (χ0) is 15.9. The Kier molecular flexibility index (Phi) is 3.71. The molecule has 2 amide bonds. The molecule has 0 aliphatic carbocycles. The van der Waals surface area contributed by atoms with Crippen molar-refractivity contribution in [3.8, 4) is 0 Å². The molecule has 1 aliphatic heterocycles. The number of nitrogens with one attached hydrogen (secondary N) is 1. The largest absolute Gasteiger partial charge is 0.355 e. The van der Waals surface area contributed by atoms with E-state index in [0.717, 1.165) is 0 Å². The lowest BCUT2D eigenvalue weighted by molar-refractivity contribution is -0.128. The van der Waals surface area contributed by atoms with Crippen LogP contribution in [0.3, 0.4) is 0 Å². The summed E-state index contributed by atoms with van der Waals surface area (Å²) in [7, 11) is 3.02.